The number of carbonyl (C=O) groups is 9. The quantitative estimate of drug-likeness (QED) is 0.0133. The number of hydrazine groups is 1. The van der Waals surface area contributed by atoms with Crippen molar-refractivity contribution in [2.45, 2.75) is 101 Å². The van der Waals surface area contributed by atoms with Crippen LogP contribution in [-0.2, 0) is 57.6 Å². The number of aromatic amines is 1. The van der Waals surface area contributed by atoms with Crippen molar-refractivity contribution in [1.82, 2.24) is 53.1 Å². The minimum atomic E-state index is -1.70. The Kier molecular flexibility index (Phi) is 23.3. The third-order valence-corrected chi connectivity index (χ3v) is 11.5. The molecule has 0 bridgehead atoms. The first-order valence-electron chi connectivity index (χ1n) is 24.0. The standard InChI is InChI=1S/C50H68N14O10/c1-29(2)23-37(45(70)58-35(19-12-22-55-49(53)54-3)44(69)59-36(43(52)68)24-30-13-6-4-7-14-30)62-50(74)64-63-48(73)38(25-31-15-8-5-9-16-31)60-47(72)40(28-65)61-46(71)39(26-41(51)66)57-42(67)21-20-32-27-56-34-18-11-10-17-33(32)34/h4-11,13-18,27,29,35-40,56,65H,12,19-26,28H2,1-3H3,(H2,51,66)(H2,52,68)(H,57,67)(H,58,70)(H,59,69)(H,60,72)(H,61,71)(H,63,73)(H3,53,54,55)(H2,62,64,74)/t35-,36-,37-,38-,39-,40-/m0/s1. The van der Waals surface area contributed by atoms with Gasteiger partial charge in [0.05, 0.1) is 13.0 Å². The van der Waals surface area contributed by atoms with E-state index in [0.29, 0.717) is 18.4 Å². The number of H-pyrrole nitrogens is 1. The van der Waals surface area contributed by atoms with Gasteiger partial charge in [0.1, 0.15) is 36.3 Å². The molecule has 6 atom stereocenters. The Labute approximate surface area is 427 Å². The Morgan fingerprint density at radius 3 is 1.78 bits per heavy atom. The molecule has 0 aliphatic heterocycles. The summed E-state index contributed by atoms with van der Waals surface area (Å²) in [4.78, 5) is 126. The van der Waals surface area contributed by atoms with E-state index in [2.05, 4.69) is 58.0 Å². The van der Waals surface area contributed by atoms with Crippen LogP contribution in [0.4, 0.5) is 4.79 Å². The molecule has 398 valence electrons. The third kappa shape index (κ3) is 19.6. The second kappa shape index (κ2) is 29.7. The highest BCUT2D eigenvalue weighted by molar-refractivity contribution is 5.97. The summed E-state index contributed by atoms with van der Waals surface area (Å²) in [6.45, 7) is 2.88. The van der Waals surface area contributed by atoms with Crippen LogP contribution in [0.15, 0.2) is 96.1 Å². The van der Waals surface area contributed by atoms with Gasteiger partial charge in [-0.15, -0.1) is 0 Å². The molecule has 1 aromatic heterocycles. The molecule has 0 saturated heterocycles. The first-order chi connectivity index (χ1) is 35.4. The second-order valence-electron chi connectivity index (χ2n) is 17.8. The molecular formula is C50H68N14O10. The fraction of sp³-hybridized carbons (Fsp3) is 0.400. The number of hydrogen-bond donors (Lipinski definition) is 14. The molecule has 24 heteroatoms. The molecule has 1 heterocycles. The Balaban J connectivity index is 1.42. The van der Waals surface area contributed by atoms with E-state index in [0.717, 1.165) is 22.0 Å². The van der Waals surface area contributed by atoms with Crippen molar-refractivity contribution in [2.24, 2.45) is 28.1 Å². The summed E-state index contributed by atoms with van der Waals surface area (Å²) in [5.41, 5.74) is 24.2. The van der Waals surface area contributed by atoms with E-state index in [-0.39, 0.29) is 50.5 Å². The molecule has 0 saturated carbocycles. The van der Waals surface area contributed by atoms with Gasteiger partial charge < -0.3 is 64.5 Å². The van der Waals surface area contributed by atoms with Crippen molar-refractivity contribution in [3.05, 3.63) is 108 Å². The number of rotatable bonds is 28. The zero-order valence-electron chi connectivity index (χ0n) is 41.6. The summed E-state index contributed by atoms with van der Waals surface area (Å²) in [7, 11) is 1.49. The van der Waals surface area contributed by atoms with E-state index in [9.17, 15) is 48.3 Å². The summed E-state index contributed by atoms with van der Waals surface area (Å²) >= 11 is 0. The number of urea groups is 1. The molecule has 74 heavy (non-hydrogen) atoms. The van der Waals surface area contributed by atoms with Gasteiger partial charge >= 0.3 is 6.03 Å². The monoisotopic (exact) mass is 1020 g/mol. The van der Waals surface area contributed by atoms with Crippen LogP contribution < -0.4 is 65.3 Å². The molecule has 17 N–H and O–H groups in total. The summed E-state index contributed by atoms with van der Waals surface area (Å²) in [6.07, 6.45) is 1.72. The maximum absolute atomic E-state index is 13.9. The average Bonchev–Trinajstić information content (AvgIpc) is 3.79. The van der Waals surface area contributed by atoms with Crippen LogP contribution in [0, 0.1) is 5.92 Å². The van der Waals surface area contributed by atoms with E-state index in [1.54, 1.807) is 80.7 Å². The molecule has 0 fully saturated rings. The van der Waals surface area contributed by atoms with Crippen LogP contribution in [0.25, 0.3) is 10.9 Å². The van der Waals surface area contributed by atoms with Crippen LogP contribution in [0.1, 0.15) is 62.6 Å². The van der Waals surface area contributed by atoms with Gasteiger partial charge in [-0.05, 0) is 54.4 Å². The van der Waals surface area contributed by atoms with E-state index in [4.69, 9.17) is 17.2 Å². The average molecular weight is 1030 g/mol. The number of amides is 10. The number of aliphatic imine (C=N–C) groups is 1. The van der Waals surface area contributed by atoms with E-state index < -0.39 is 103 Å². The van der Waals surface area contributed by atoms with Gasteiger partial charge in [-0.1, -0.05) is 92.7 Å². The van der Waals surface area contributed by atoms with Crippen LogP contribution in [0.2, 0.25) is 0 Å². The van der Waals surface area contributed by atoms with Gasteiger partial charge in [0, 0.05) is 50.0 Å². The number of aliphatic hydroxyl groups excluding tert-OH is 1. The Bertz CT molecular complexity index is 2580. The number of para-hydroxylation sites is 1. The van der Waals surface area contributed by atoms with Crippen molar-refractivity contribution in [3.8, 4) is 0 Å². The van der Waals surface area contributed by atoms with Crippen molar-refractivity contribution in [3.63, 3.8) is 0 Å². The number of carbonyl (C=O) groups excluding carboxylic acids is 9. The zero-order chi connectivity index (χ0) is 54.2. The van der Waals surface area contributed by atoms with Crippen LogP contribution in [0.3, 0.4) is 0 Å². The van der Waals surface area contributed by atoms with Crippen LogP contribution in [-0.4, -0.2) is 126 Å². The molecular weight excluding hydrogens is 957 g/mol. The lowest BCUT2D eigenvalue weighted by Crippen LogP contribution is -2.61. The minimum absolute atomic E-state index is 0.0575. The fourth-order valence-corrected chi connectivity index (χ4v) is 7.65. The number of nitrogens with two attached hydrogens (primary N) is 3. The zero-order valence-corrected chi connectivity index (χ0v) is 41.6. The lowest BCUT2D eigenvalue weighted by Gasteiger charge is -2.26. The molecule has 4 rings (SSSR count). The molecule has 4 aromatic rings. The summed E-state index contributed by atoms with van der Waals surface area (Å²) in [5, 5.41) is 29.1. The van der Waals surface area contributed by atoms with Gasteiger partial charge in [-0.2, -0.15) is 0 Å². The molecule has 0 aliphatic carbocycles. The highest BCUT2D eigenvalue weighted by atomic mass is 16.3. The lowest BCUT2D eigenvalue weighted by atomic mass is 10.0. The first kappa shape index (κ1) is 58.0. The highest BCUT2D eigenvalue weighted by Gasteiger charge is 2.32. The van der Waals surface area contributed by atoms with E-state index >= 15 is 0 Å². The number of guanidine groups is 1. The van der Waals surface area contributed by atoms with Crippen molar-refractivity contribution in [2.75, 3.05) is 20.2 Å². The van der Waals surface area contributed by atoms with Crippen LogP contribution >= 0.6 is 0 Å². The largest absolute Gasteiger partial charge is 0.394 e. The van der Waals surface area contributed by atoms with E-state index in [1.165, 1.54) is 7.05 Å². The molecule has 24 nitrogen and oxygen atoms in total. The predicted molar refractivity (Wildman–Crippen MR) is 274 cm³/mol. The van der Waals surface area contributed by atoms with Gasteiger partial charge in [-0.3, -0.25) is 48.8 Å². The highest BCUT2D eigenvalue weighted by Crippen LogP contribution is 2.19. The fourth-order valence-electron chi connectivity index (χ4n) is 7.65. The normalized spacial score (nSPS) is 13.7. The Morgan fingerprint density at radius 2 is 1.18 bits per heavy atom. The third-order valence-electron chi connectivity index (χ3n) is 11.5. The number of primary amides is 2. The maximum Gasteiger partial charge on any atom is 0.334 e. The van der Waals surface area contributed by atoms with Crippen molar-refractivity contribution in [1.29, 1.82) is 0 Å². The number of benzene rings is 3. The molecule has 0 spiro atoms. The van der Waals surface area contributed by atoms with Crippen molar-refractivity contribution >= 4 is 70.2 Å². The van der Waals surface area contributed by atoms with E-state index in [1.807, 2.05) is 24.3 Å². The topological polar surface area (TPSA) is 388 Å². The SMILES string of the molecule is CN=C(N)NCCC[C@H](NC(=O)[C@H](CC(C)C)NC(=O)NNC(=O)[C@H](Cc1ccccc1)NC(=O)[C@H](CO)NC(=O)[C@H](CC(N)=O)NC(=O)CCc1c[nH]c2ccccc12)C(=O)N[C@@H](Cc1ccccc1)C(N)=O. The van der Waals surface area contributed by atoms with Gasteiger partial charge in [0.15, 0.2) is 5.96 Å². The second-order valence-corrected chi connectivity index (χ2v) is 17.8. The maximum atomic E-state index is 13.9. The molecule has 10 amide bonds. The van der Waals surface area contributed by atoms with Gasteiger partial charge in [0.2, 0.25) is 41.4 Å². The molecule has 0 radical (unpaired) electrons. The number of aliphatic hydroxyl groups is 1. The number of nitrogens with one attached hydrogen (secondary N) is 10. The number of hydrogen-bond acceptors (Lipinski definition) is 11. The summed E-state index contributed by atoms with van der Waals surface area (Å²) in [5.74, 6) is -6.86. The van der Waals surface area contributed by atoms with Gasteiger partial charge in [0.25, 0.3) is 5.91 Å². The molecule has 0 aliphatic rings. The lowest BCUT2D eigenvalue weighted by molar-refractivity contribution is -0.135. The summed E-state index contributed by atoms with van der Waals surface area (Å²) in [6, 6.07) is 15.4. The smallest absolute Gasteiger partial charge is 0.334 e. The number of fused-ring (bicyclic) bond motifs is 1. The van der Waals surface area contributed by atoms with Crippen molar-refractivity contribution < 1.29 is 48.3 Å². The Morgan fingerprint density at radius 1 is 0.622 bits per heavy atom. The number of aryl methyl sites for hydroxylation is 1. The van der Waals surface area contributed by atoms with Crippen LogP contribution in [0.5, 0.6) is 0 Å². The number of nitrogens with zero attached hydrogens (tertiary/aromatic N) is 1. The first-order valence-corrected chi connectivity index (χ1v) is 24.0. The minimum Gasteiger partial charge on any atom is -0.394 e. The molecule has 3 aromatic carbocycles. The number of aromatic nitrogens is 1. The summed E-state index contributed by atoms with van der Waals surface area (Å²) < 4.78 is 0. The van der Waals surface area contributed by atoms with Gasteiger partial charge in [-0.25, -0.2) is 10.2 Å². The predicted octanol–water partition coefficient (Wildman–Crippen LogP) is -1.58. The molecule has 0 unspecified atom stereocenters. The Hall–Kier alpha value is -8.54.